The highest BCUT2D eigenvalue weighted by atomic mass is 16.6. The number of aryl methyl sites for hydroxylation is 1. The van der Waals surface area contributed by atoms with Gasteiger partial charge in [-0.2, -0.15) is 5.10 Å². The monoisotopic (exact) mass is 444 g/mol. The first-order valence-corrected chi connectivity index (χ1v) is 10.6. The Balaban J connectivity index is 1.78. The molecule has 1 aliphatic rings. The van der Waals surface area contributed by atoms with Crippen LogP contribution in [0.15, 0.2) is 18.2 Å². The van der Waals surface area contributed by atoms with Crippen molar-refractivity contribution >= 4 is 12.0 Å². The lowest BCUT2D eigenvalue weighted by molar-refractivity contribution is 0.0221. The van der Waals surface area contributed by atoms with Crippen LogP contribution in [0, 0.1) is 0 Å². The predicted molar refractivity (Wildman–Crippen MR) is 119 cm³/mol. The summed E-state index contributed by atoms with van der Waals surface area (Å²) in [5, 5.41) is 7.45. The van der Waals surface area contributed by atoms with E-state index in [0.717, 1.165) is 16.8 Å². The molecule has 0 saturated carbocycles. The maximum absolute atomic E-state index is 13.1. The molecule has 0 saturated heterocycles. The SMILES string of the molecule is COc1ccc(C(C)NC(=O)c2nn(C)c3c2CN(C(=O)OC(C)(C)C)CC3)cc1OC. The van der Waals surface area contributed by atoms with Gasteiger partial charge in [0, 0.05) is 31.3 Å². The first kappa shape index (κ1) is 23.4. The van der Waals surface area contributed by atoms with Gasteiger partial charge in [0.2, 0.25) is 0 Å². The summed E-state index contributed by atoms with van der Waals surface area (Å²) >= 11 is 0. The van der Waals surface area contributed by atoms with Crippen molar-refractivity contribution in [2.24, 2.45) is 7.05 Å². The molecule has 9 nitrogen and oxygen atoms in total. The zero-order valence-corrected chi connectivity index (χ0v) is 19.8. The molecule has 1 aromatic carbocycles. The molecule has 32 heavy (non-hydrogen) atoms. The minimum atomic E-state index is -0.582. The highest BCUT2D eigenvalue weighted by molar-refractivity contribution is 5.94. The van der Waals surface area contributed by atoms with Gasteiger partial charge in [0.25, 0.3) is 5.91 Å². The quantitative estimate of drug-likeness (QED) is 0.761. The Bertz CT molecular complexity index is 1010. The zero-order chi connectivity index (χ0) is 23.6. The second-order valence-electron chi connectivity index (χ2n) is 8.86. The molecule has 2 amide bonds. The number of methoxy groups -OCH3 is 2. The van der Waals surface area contributed by atoms with E-state index in [2.05, 4.69) is 10.4 Å². The van der Waals surface area contributed by atoms with E-state index in [0.29, 0.717) is 30.2 Å². The van der Waals surface area contributed by atoms with E-state index in [9.17, 15) is 9.59 Å². The first-order valence-electron chi connectivity index (χ1n) is 10.6. The van der Waals surface area contributed by atoms with Crippen molar-refractivity contribution in [1.82, 2.24) is 20.0 Å². The molecule has 0 spiro atoms. The van der Waals surface area contributed by atoms with Gasteiger partial charge < -0.3 is 24.4 Å². The van der Waals surface area contributed by atoms with Crippen LogP contribution < -0.4 is 14.8 Å². The average Bonchev–Trinajstić information content (AvgIpc) is 3.08. The first-order chi connectivity index (χ1) is 15.0. The molecule has 1 N–H and O–H groups in total. The number of nitrogens with one attached hydrogen (secondary N) is 1. The Kier molecular flexibility index (Phi) is 6.66. The van der Waals surface area contributed by atoms with Crippen LogP contribution in [0.5, 0.6) is 11.5 Å². The molecule has 0 radical (unpaired) electrons. The largest absolute Gasteiger partial charge is 0.493 e. The zero-order valence-electron chi connectivity index (χ0n) is 19.8. The Hall–Kier alpha value is -3.23. The minimum absolute atomic E-state index is 0.283. The third-order valence-electron chi connectivity index (χ3n) is 5.36. The molecule has 3 rings (SSSR count). The number of benzene rings is 1. The van der Waals surface area contributed by atoms with E-state index in [4.69, 9.17) is 14.2 Å². The Morgan fingerprint density at radius 1 is 1.16 bits per heavy atom. The Morgan fingerprint density at radius 2 is 1.84 bits per heavy atom. The van der Waals surface area contributed by atoms with Crippen molar-refractivity contribution in [2.45, 2.75) is 52.3 Å². The summed E-state index contributed by atoms with van der Waals surface area (Å²) in [4.78, 5) is 27.3. The summed E-state index contributed by atoms with van der Waals surface area (Å²) < 4.78 is 17.9. The molecule has 0 aliphatic carbocycles. The van der Waals surface area contributed by atoms with Crippen molar-refractivity contribution in [3.05, 3.63) is 40.7 Å². The topological polar surface area (TPSA) is 94.9 Å². The molecule has 2 aromatic rings. The van der Waals surface area contributed by atoms with Gasteiger partial charge in [0.05, 0.1) is 26.8 Å². The van der Waals surface area contributed by atoms with Crippen molar-refractivity contribution in [2.75, 3.05) is 20.8 Å². The molecule has 1 atom stereocenters. The molecule has 174 valence electrons. The smallest absolute Gasteiger partial charge is 0.410 e. The van der Waals surface area contributed by atoms with Crippen LogP contribution in [-0.2, 0) is 24.8 Å². The van der Waals surface area contributed by atoms with Gasteiger partial charge in [-0.1, -0.05) is 6.07 Å². The van der Waals surface area contributed by atoms with Crippen LogP contribution in [0.2, 0.25) is 0 Å². The normalized spacial score (nSPS) is 14.4. The number of hydrogen-bond acceptors (Lipinski definition) is 6. The molecule has 2 heterocycles. The van der Waals surface area contributed by atoms with Crippen molar-refractivity contribution < 1.29 is 23.8 Å². The summed E-state index contributed by atoms with van der Waals surface area (Å²) in [5.74, 6) is 0.917. The lowest BCUT2D eigenvalue weighted by Crippen LogP contribution is -2.40. The van der Waals surface area contributed by atoms with Gasteiger partial charge in [0.1, 0.15) is 5.60 Å². The van der Waals surface area contributed by atoms with Crippen LogP contribution in [0.25, 0.3) is 0 Å². The fraction of sp³-hybridized carbons (Fsp3) is 0.522. The summed E-state index contributed by atoms with van der Waals surface area (Å²) in [7, 11) is 4.96. The Morgan fingerprint density at radius 3 is 2.47 bits per heavy atom. The summed E-state index contributed by atoms with van der Waals surface area (Å²) in [6.45, 7) is 8.19. The maximum Gasteiger partial charge on any atom is 0.410 e. The molecule has 1 unspecified atom stereocenters. The second-order valence-corrected chi connectivity index (χ2v) is 8.86. The predicted octanol–water partition coefficient (Wildman–Crippen LogP) is 3.22. The van der Waals surface area contributed by atoms with Crippen LogP contribution in [0.1, 0.15) is 61.0 Å². The van der Waals surface area contributed by atoms with Gasteiger partial charge in [-0.15, -0.1) is 0 Å². The number of hydrogen-bond donors (Lipinski definition) is 1. The lowest BCUT2D eigenvalue weighted by atomic mass is 10.0. The minimum Gasteiger partial charge on any atom is -0.493 e. The van der Waals surface area contributed by atoms with Gasteiger partial charge in [0.15, 0.2) is 17.2 Å². The van der Waals surface area contributed by atoms with E-state index in [-0.39, 0.29) is 18.5 Å². The second kappa shape index (κ2) is 9.10. The molecule has 1 aliphatic heterocycles. The number of ether oxygens (including phenoxy) is 3. The number of fused-ring (bicyclic) bond motifs is 1. The lowest BCUT2D eigenvalue weighted by Gasteiger charge is -2.30. The highest BCUT2D eigenvalue weighted by Gasteiger charge is 2.32. The average molecular weight is 445 g/mol. The fourth-order valence-electron chi connectivity index (χ4n) is 3.73. The summed E-state index contributed by atoms with van der Waals surface area (Å²) in [6.07, 6.45) is 0.216. The number of amides is 2. The van der Waals surface area contributed by atoms with Crippen molar-refractivity contribution in [1.29, 1.82) is 0 Å². The van der Waals surface area contributed by atoms with Gasteiger partial charge >= 0.3 is 6.09 Å². The molecule has 0 fully saturated rings. The van der Waals surface area contributed by atoms with E-state index < -0.39 is 11.7 Å². The Labute approximate surface area is 188 Å². The molecular weight excluding hydrogens is 412 g/mol. The summed E-state index contributed by atoms with van der Waals surface area (Å²) in [6, 6.07) is 5.23. The number of rotatable bonds is 5. The molecule has 1 aromatic heterocycles. The van der Waals surface area contributed by atoms with Crippen LogP contribution in [-0.4, -0.2) is 53.0 Å². The van der Waals surface area contributed by atoms with Crippen LogP contribution in [0.4, 0.5) is 4.79 Å². The number of aromatic nitrogens is 2. The van der Waals surface area contributed by atoms with E-state index in [1.807, 2.05) is 46.9 Å². The fourth-order valence-corrected chi connectivity index (χ4v) is 3.73. The van der Waals surface area contributed by atoms with Gasteiger partial charge in [-0.05, 0) is 45.4 Å². The van der Waals surface area contributed by atoms with E-state index >= 15 is 0 Å². The number of carbonyl (C=O) groups is 2. The van der Waals surface area contributed by atoms with Crippen LogP contribution in [0.3, 0.4) is 0 Å². The third-order valence-corrected chi connectivity index (χ3v) is 5.36. The highest BCUT2D eigenvalue weighted by Crippen LogP contribution is 2.30. The van der Waals surface area contributed by atoms with Crippen LogP contribution >= 0.6 is 0 Å². The summed E-state index contributed by atoms with van der Waals surface area (Å²) in [5.41, 5.74) is 2.32. The molecule has 0 bridgehead atoms. The van der Waals surface area contributed by atoms with Gasteiger partial charge in [-0.3, -0.25) is 9.48 Å². The standard InChI is InChI=1S/C23H32N4O5/c1-14(15-8-9-18(30-6)19(12-15)31-7)24-21(28)20-16-13-27(22(29)32-23(2,3)4)11-10-17(16)26(5)25-20/h8-9,12,14H,10-11,13H2,1-7H3,(H,24,28). The van der Waals surface area contributed by atoms with E-state index in [1.54, 1.807) is 29.9 Å². The third kappa shape index (κ3) is 4.98. The van der Waals surface area contributed by atoms with Gasteiger partial charge in [-0.25, -0.2) is 4.79 Å². The molecule has 9 heteroatoms. The number of carbonyl (C=O) groups excluding carboxylic acids is 2. The van der Waals surface area contributed by atoms with Crippen molar-refractivity contribution in [3.63, 3.8) is 0 Å². The van der Waals surface area contributed by atoms with E-state index in [1.165, 1.54) is 0 Å². The number of nitrogens with zero attached hydrogens (tertiary/aromatic N) is 3. The molecular formula is C23H32N4O5. The maximum atomic E-state index is 13.1. The van der Waals surface area contributed by atoms with Crippen molar-refractivity contribution in [3.8, 4) is 11.5 Å².